The molecule has 29 heavy (non-hydrogen) atoms. The van der Waals surface area contributed by atoms with Crippen LogP contribution in [0, 0.1) is 0 Å². The minimum atomic E-state index is -0.452. The Bertz CT molecular complexity index is 1300. The second-order valence-electron chi connectivity index (χ2n) is 6.47. The van der Waals surface area contributed by atoms with Crippen molar-refractivity contribution >= 4 is 40.1 Å². The van der Waals surface area contributed by atoms with Crippen molar-refractivity contribution in [2.75, 3.05) is 12.0 Å². The first-order valence-corrected chi connectivity index (χ1v) is 9.12. The van der Waals surface area contributed by atoms with Gasteiger partial charge in [-0.1, -0.05) is 35.9 Å². The highest BCUT2D eigenvalue weighted by atomic mass is 35.5. The number of methoxy groups -OCH3 is 1. The lowest BCUT2D eigenvalue weighted by molar-refractivity contribution is 0.0925. The topological polar surface area (TPSA) is 88.2 Å². The predicted molar refractivity (Wildman–Crippen MR) is 108 cm³/mol. The zero-order valence-corrected chi connectivity index (χ0v) is 15.9. The summed E-state index contributed by atoms with van der Waals surface area (Å²) in [6, 6.07) is 14.0. The number of hydrogen-bond acceptors (Lipinski definition) is 5. The van der Waals surface area contributed by atoms with E-state index in [0.717, 1.165) is 10.5 Å². The summed E-state index contributed by atoms with van der Waals surface area (Å²) in [6.07, 6.45) is 1.39. The second-order valence-corrected chi connectivity index (χ2v) is 6.90. The van der Waals surface area contributed by atoms with E-state index in [-0.39, 0.29) is 11.1 Å². The van der Waals surface area contributed by atoms with Crippen molar-refractivity contribution in [3.8, 4) is 17.0 Å². The minimum absolute atomic E-state index is 0.227. The summed E-state index contributed by atoms with van der Waals surface area (Å²) >= 11 is 5.99. The molecule has 0 aliphatic carbocycles. The van der Waals surface area contributed by atoms with Crippen LogP contribution in [-0.4, -0.2) is 34.1 Å². The van der Waals surface area contributed by atoms with Gasteiger partial charge in [-0.25, -0.2) is 9.88 Å². The highest BCUT2D eigenvalue weighted by molar-refractivity contribution is 6.38. The molecule has 2 aromatic heterocycles. The number of halogens is 1. The van der Waals surface area contributed by atoms with Gasteiger partial charge in [0.2, 0.25) is 0 Å². The summed E-state index contributed by atoms with van der Waals surface area (Å²) in [5, 5.41) is 8.23. The summed E-state index contributed by atoms with van der Waals surface area (Å²) in [7, 11) is 1.49. The van der Waals surface area contributed by atoms with Crippen LogP contribution in [0.1, 0.15) is 20.7 Å². The number of carbonyl (C=O) groups excluding carboxylic acids is 2. The number of para-hydroxylation sites is 2. The summed E-state index contributed by atoms with van der Waals surface area (Å²) in [5.41, 5.74) is 2.62. The Labute approximate surface area is 169 Å². The fourth-order valence-electron chi connectivity index (χ4n) is 3.56. The van der Waals surface area contributed by atoms with E-state index in [1.165, 1.54) is 13.3 Å². The van der Waals surface area contributed by atoms with Crippen LogP contribution in [0.4, 0.5) is 5.69 Å². The Balaban J connectivity index is 1.73. The summed E-state index contributed by atoms with van der Waals surface area (Å²) < 4.78 is 5.34. The third-order valence-corrected chi connectivity index (χ3v) is 5.14. The van der Waals surface area contributed by atoms with Crippen LogP contribution in [0.2, 0.25) is 5.02 Å². The van der Waals surface area contributed by atoms with Gasteiger partial charge in [0.25, 0.3) is 11.8 Å². The predicted octanol–water partition coefficient (Wildman–Crippen LogP) is 4.09. The largest absolute Gasteiger partial charge is 0.495 e. The number of hydrogen-bond donors (Lipinski definition) is 1. The molecule has 3 heterocycles. The van der Waals surface area contributed by atoms with E-state index in [0.29, 0.717) is 33.2 Å². The van der Waals surface area contributed by atoms with Crippen molar-refractivity contribution < 1.29 is 14.3 Å². The number of rotatable bonds is 3. The third kappa shape index (κ3) is 2.51. The smallest absolute Gasteiger partial charge is 0.267 e. The number of aromatic nitrogens is 3. The van der Waals surface area contributed by atoms with Gasteiger partial charge in [-0.15, -0.1) is 0 Å². The molecule has 4 aromatic rings. The number of ether oxygens (including phenoxy) is 1. The molecule has 8 heteroatoms. The van der Waals surface area contributed by atoms with Crippen molar-refractivity contribution in [2.24, 2.45) is 0 Å². The lowest BCUT2D eigenvalue weighted by Crippen LogP contribution is -2.29. The van der Waals surface area contributed by atoms with Crippen LogP contribution in [0.15, 0.2) is 54.7 Å². The van der Waals surface area contributed by atoms with Gasteiger partial charge in [-0.05, 0) is 24.3 Å². The molecule has 7 nitrogen and oxygen atoms in total. The quantitative estimate of drug-likeness (QED) is 0.519. The average molecular weight is 405 g/mol. The molecule has 0 atom stereocenters. The molecule has 2 aromatic carbocycles. The maximum Gasteiger partial charge on any atom is 0.267 e. The van der Waals surface area contributed by atoms with Crippen LogP contribution in [-0.2, 0) is 0 Å². The molecule has 1 aliphatic rings. The number of fused-ring (bicyclic) bond motifs is 3. The van der Waals surface area contributed by atoms with Crippen molar-refractivity contribution in [3.63, 3.8) is 0 Å². The first-order chi connectivity index (χ1) is 14.1. The molecular weight excluding hydrogens is 392 g/mol. The van der Waals surface area contributed by atoms with E-state index in [4.69, 9.17) is 16.3 Å². The Hall–Kier alpha value is -3.71. The normalized spacial score (nSPS) is 13.2. The molecule has 142 valence electrons. The SMILES string of the molecule is COc1ccccc1N1C(=O)c2cnc3n[nH]c(-c4ccc(Cl)cc4)c3c2C1=O. The minimum Gasteiger partial charge on any atom is -0.495 e. The number of nitrogens with zero attached hydrogens (tertiary/aromatic N) is 3. The molecule has 0 fully saturated rings. The second kappa shape index (κ2) is 6.42. The maximum absolute atomic E-state index is 13.4. The molecule has 2 amide bonds. The number of pyridine rings is 1. The summed E-state index contributed by atoms with van der Waals surface area (Å²) in [6.45, 7) is 0. The lowest BCUT2D eigenvalue weighted by Gasteiger charge is -2.16. The van der Waals surface area contributed by atoms with Gasteiger partial charge in [0, 0.05) is 16.8 Å². The van der Waals surface area contributed by atoms with Crippen LogP contribution < -0.4 is 9.64 Å². The van der Waals surface area contributed by atoms with Crippen LogP contribution in [0.3, 0.4) is 0 Å². The fourth-order valence-corrected chi connectivity index (χ4v) is 3.68. The fraction of sp³-hybridized carbons (Fsp3) is 0.0476. The zero-order chi connectivity index (χ0) is 20.1. The molecular formula is C21H13ClN4O3. The van der Waals surface area contributed by atoms with Gasteiger partial charge in [0.1, 0.15) is 5.75 Å². The Kier molecular flexibility index (Phi) is 3.85. The Morgan fingerprint density at radius 1 is 1.03 bits per heavy atom. The monoisotopic (exact) mass is 404 g/mol. The van der Waals surface area contributed by atoms with E-state index in [1.807, 2.05) is 12.1 Å². The number of nitrogens with one attached hydrogen (secondary N) is 1. The number of H-pyrrole nitrogens is 1. The molecule has 0 bridgehead atoms. The van der Waals surface area contributed by atoms with Crippen molar-refractivity contribution in [3.05, 3.63) is 70.9 Å². The number of anilines is 1. The molecule has 1 aliphatic heterocycles. The van der Waals surface area contributed by atoms with E-state index in [2.05, 4.69) is 15.2 Å². The maximum atomic E-state index is 13.4. The first-order valence-electron chi connectivity index (χ1n) is 8.75. The molecule has 0 spiro atoms. The summed E-state index contributed by atoms with van der Waals surface area (Å²) in [5.74, 6) is -0.470. The molecule has 0 unspecified atom stereocenters. The van der Waals surface area contributed by atoms with E-state index in [1.54, 1.807) is 36.4 Å². The van der Waals surface area contributed by atoms with Crippen LogP contribution in [0.5, 0.6) is 5.75 Å². The first kappa shape index (κ1) is 17.4. The van der Waals surface area contributed by atoms with E-state index in [9.17, 15) is 9.59 Å². The van der Waals surface area contributed by atoms with Crippen LogP contribution in [0.25, 0.3) is 22.3 Å². The number of benzene rings is 2. The molecule has 5 rings (SSSR count). The summed E-state index contributed by atoms with van der Waals surface area (Å²) in [4.78, 5) is 31.9. The Morgan fingerprint density at radius 2 is 1.79 bits per heavy atom. The number of aromatic amines is 1. The van der Waals surface area contributed by atoms with Gasteiger partial charge in [0.05, 0.1) is 35.0 Å². The van der Waals surface area contributed by atoms with Crippen molar-refractivity contribution in [2.45, 2.75) is 0 Å². The standard InChI is InChI=1S/C21H13ClN4O3/c1-29-15-5-3-2-4-14(15)26-20(27)13-10-23-19-17(16(13)21(26)28)18(24-25-19)11-6-8-12(22)9-7-11/h2-10H,1H3,(H,23,24,25). The van der Waals surface area contributed by atoms with Gasteiger partial charge >= 0.3 is 0 Å². The molecule has 0 saturated carbocycles. The van der Waals surface area contributed by atoms with Crippen molar-refractivity contribution in [1.82, 2.24) is 15.2 Å². The van der Waals surface area contributed by atoms with E-state index >= 15 is 0 Å². The average Bonchev–Trinajstić information content (AvgIpc) is 3.28. The highest BCUT2D eigenvalue weighted by Gasteiger charge is 2.41. The third-order valence-electron chi connectivity index (χ3n) is 4.89. The number of amides is 2. The molecule has 1 N–H and O–H groups in total. The number of carbonyl (C=O) groups is 2. The van der Waals surface area contributed by atoms with E-state index < -0.39 is 11.8 Å². The van der Waals surface area contributed by atoms with Crippen LogP contribution >= 0.6 is 11.6 Å². The van der Waals surface area contributed by atoms with Gasteiger partial charge in [-0.2, -0.15) is 5.10 Å². The van der Waals surface area contributed by atoms with Gasteiger partial charge < -0.3 is 4.74 Å². The zero-order valence-electron chi connectivity index (χ0n) is 15.1. The molecule has 0 saturated heterocycles. The Morgan fingerprint density at radius 3 is 2.55 bits per heavy atom. The molecule has 0 radical (unpaired) electrons. The van der Waals surface area contributed by atoms with Gasteiger partial charge in [-0.3, -0.25) is 14.7 Å². The number of imide groups is 1. The van der Waals surface area contributed by atoms with Crippen molar-refractivity contribution in [1.29, 1.82) is 0 Å². The van der Waals surface area contributed by atoms with Gasteiger partial charge in [0.15, 0.2) is 5.65 Å². The highest BCUT2D eigenvalue weighted by Crippen LogP contribution is 2.39. The lowest BCUT2D eigenvalue weighted by atomic mass is 10.0.